The van der Waals surface area contributed by atoms with Crippen molar-refractivity contribution in [3.8, 4) is 0 Å². The molecule has 1 fully saturated rings. The molecule has 21 heavy (non-hydrogen) atoms. The minimum atomic E-state index is -3.55. The number of hydrogen-bond donors (Lipinski definition) is 2. The van der Waals surface area contributed by atoms with Crippen molar-refractivity contribution in [1.29, 1.82) is 0 Å². The third-order valence-electron chi connectivity index (χ3n) is 4.55. The Morgan fingerprint density at radius 1 is 1.33 bits per heavy atom. The van der Waals surface area contributed by atoms with Crippen molar-refractivity contribution in [2.45, 2.75) is 42.6 Å². The average Bonchev–Trinajstić information content (AvgIpc) is 3.06. The molecule has 1 saturated carbocycles. The van der Waals surface area contributed by atoms with Crippen LogP contribution in [0.1, 0.15) is 31.2 Å². The standard InChI is InChI=1S/C15H22N2O3S/c1-17(11-15(18)7-2-3-8-15)21(19,20)13-5-4-12-6-9-16-14(12)10-13/h4-5,10,16,18H,2-3,6-9,11H2,1H3. The SMILES string of the molecule is CN(CC1(O)CCCC1)S(=O)(=O)c1ccc2c(c1)NCC2. The molecule has 0 amide bonds. The van der Waals surface area contributed by atoms with Crippen molar-refractivity contribution in [3.63, 3.8) is 0 Å². The van der Waals surface area contributed by atoms with E-state index in [1.54, 1.807) is 19.2 Å². The molecule has 1 aliphatic heterocycles. The fourth-order valence-corrected chi connectivity index (χ4v) is 4.58. The second-order valence-corrected chi connectivity index (χ2v) is 8.23. The number of nitrogens with zero attached hydrogens (tertiary/aromatic N) is 1. The zero-order valence-electron chi connectivity index (χ0n) is 12.3. The zero-order valence-corrected chi connectivity index (χ0v) is 13.1. The Bertz CT molecular complexity index is 636. The lowest BCUT2D eigenvalue weighted by molar-refractivity contribution is 0.0333. The van der Waals surface area contributed by atoms with Gasteiger partial charge in [-0.3, -0.25) is 0 Å². The van der Waals surface area contributed by atoms with Gasteiger partial charge in [0.1, 0.15) is 0 Å². The highest BCUT2D eigenvalue weighted by atomic mass is 32.2. The van der Waals surface area contributed by atoms with Gasteiger partial charge in [0.15, 0.2) is 0 Å². The van der Waals surface area contributed by atoms with Crippen molar-refractivity contribution in [2.24, 2.45) is 0 Å². The minimum absolute atomic E-state index is 0.167. The highest BCUT2D eigenvalue weighted by Crippen LogP contribution is 2.32. The summed E-state index contributed by atoms with van der Waals surface area (Å²) in [6, 6.07) is 5.24. The van der Waals surface area contributed by atoms with Gasteiger partial charge in [-0.05, 0) is 37.0 Å². The first-order valence-electron chi connectivity index (χ1n) is 7.46. The number of anilines is 1. The molecule has 6 heteroatoms. The van der Waals surface area contributed by atoms with Gasteiger partial charge in [-0.1, -0.05) is 18.9 Å². The van der Waals surface area contributed by atoms with E-state index in [1.165, 1.54) is 4.31 Å². The van der Waals surface area contributed by atoms with Crippen LogP contribution in [0, 0.1) is 0 Å². The average molecular weight is 310 g/mol. The number of likely N-dealkylation sites (N-methyl/N-ethyl adjacent to an activating group) is 1. The van der Waals surface area contributed by atoms with Crippen LogP contribution in [0.2, 0.25) is 0 Å². The Morgan fingerprint density at radius 2 is 2.05 bits per heavy atom. The quantitative estimate of drug-likeness (QED) is 0.886. The van der Waals surface area contributed by atoms with Crippen LogP contribution in [-0.2, 0) is 16.4 Å². The molecule has 1 heterocycles. The molecule has 0 saturated heterocycles. The Hall–Kier alpha value is -1.11. The summed E-state index contributed by atoms with van der Waals surface area (Å²) in [7, 11) is -2.00. The largest absolute Gasteiger partial charge is 0.389 e. The predicted octanol–water partition coefficient (Wildman–Crippen LogP) is 1.58. The van der Waals surface area contributed by atoms with E-state index in [4.69, 9.17) is 0 Å². The van der Waals surface area contributed by atoms with Gasteiger partial charge in [-0.25, -0.2) is 8.42 Å². The Kier molecular flexibility index (Phi) is 3.71. The Labute approximate surface area is 126 Å². The summed E-state index contributed by atoms with van der Waals surface area (Å²) < 4.78 is 26.6. The fraction of sp³-hybridized carbons (Fsp3) is 0.600. The summed E-state index contributed by atoms with van der Waals surface area (Å²) in [5.74, 6) is 0. The number of rotatable bonds is 4. The third kappa shape index (κ3) is 2.80. The van der Waals surface area contributed by atoms with Crippen LogP contribution in [0.25, 0.3) is 0 Å². The molecule has 1 aromatic rings. The van der Waals surface area contributed by atoms with Gasteiger partial charge in [0.25, 0.3) is 0 Å². The van der Waals surface area contributed by atoms with E-state index in [1.807, 2.05) is 6.07 Å². The van der Waals surface area contributed by atoms with Gasteiger partial charge in [0.05, 0.1) is 10.5 Å². The summed E-state index contributed by atoms with van der Waals surface area (Å²) in [5.41, 5.74) is 1.20. The Morgan fingerprint density at radius 3 is 2.76 bits per heavy atom. The predicted molar refractivity (Wildman–Crippen MR) is 81.9 cm³/mol. The number of fused-ring (bicyclic) bond motifs is 1. The molecule has 5 nitrogen and oxygen atoms in total. The lowest BCUT2D eigenvalue weighted by Gasteiger charge is -2.28. The molecule has 0 spiro atoms. The van der Waals surface area contributed by atoms with Crippen LogP contribution in [0.4, 0.5) is 5.69 Å². The zero-order chi connectivity index (χ0) is 15.1. The number of aliphatic hydroxyl groups is 1. The summed E-state index contributed by atoms with van der Waals surface area (Å²) in [6.45, 7) is 1.02. The summed E-state index contributed by atoms with van der Waals surface area (Å²) in [6.07, 6.45) is 4.22. The lowest BCUT2D eigenvalue weighted by Crippen LogP contribution is -2.41. The van der Waals surface area contributed by atoms with Crippen LogP contribution in [0.3, 0.4) is 0 Å². The molecule has 0 radical (unpaired) electrons. The van der Waals surface area contributed by atoms with Crippen molar-refractivity contribution in [2.75, 3.05) is 25.5 Å². The molecular weight excluding hydrogens is 288 g/mol. The van der Waals surface area contributed by atoms with E-state index in [0.717, 1.165) is 37.1 Å². The maximum absolute atomic E-state index is 12.6. The monoisotopic (exact) mass is 310 g/mol. The van der Waals surface area contributed by atoms with Gasteiger partial charge in [0, 0.05) is 25.8 Å². The molecule has 2 aliphatic rings. The van der Waals surface area contributed by atoms with E-state index < -0.39 is 15.6 Å². The first-order valence-corrected chi connectivity index (χ1v) is 8.90. The number of hydrogen-bond acceptors (Lipinski definition) is 4. The molecule has 0 bridgehead atoms. The van der Waals surface area contributed by atoms with Gasteiger partial charge in [-0.2, -0.15) is 4.31 Å². The lowest BCUT2D eigenvalue weighted by atomic mass is 10.0. The third-order valence-corrected chi connectivity index (χ3v) is 6.35. The van der Waals surface area contributed by atoms with E-state index in [9.17, 15) is 13.5 Å². The molecule has 1 aliphatic carbocycles. The minimum Gasteiger partial charge on any atom is -0.389 e. The van der Waals surface area contributed by atoms with Crippen LogP contribution in [0.5, 0.6) is 0 Å². The molecule has 0 unspecified atom stereocenters. The second kappa shape index (κ2) is 5.26. The summed E-state index contributed by atoms with van der Waals surface area (Å²) in [5, 5.41) is 13.6. The fourth-order valence-electron chi connectivity index (χ4n) is 3.30. The molecule has 2 N–H and O–H groups in total. The molecule has 116 valence electrons. The molecule has 0 atom stereocenters. The van der Waals surface area contributed by atoms with E-state index in [2.05, 4.69) is 5.32 Å². The van der Waals surface area contributed by atoms with E-state index >= 15 is 0 Å². The Balaban J connectivity index is 1.82. The summed E-state index contributed by atoms with van der Waals surface area (Å²) >= 11 is 0. The second-order valence-electron chi connectivity index (χ2n) is 6.19. The maximum Gasteiger partial charge on any atom is 0.242 e. The molecular formula is C15H22N2O3S. The first kappa shape index (κ1) is 14.8. The van der Waals surface area contributed by atoms with E-state index in [0.29, 0.717) is 17.7 Å². The highest BCUT2D eigenvalue weighted by Gasteiger charge is 2.36. The maximum atomic E-state index is 12.6. The normalized spacial score (nSPS) is 20.5. The highest BCUT2D eigenvalue weighted by molar-refractivity contribution is 7.89. The number of sulfonamides is 1. The van der Waals surface area contributed by atoms with Gasteiger partial charge in [-0.15, -0.1) is 0 Å². The van der Waals surface area contributed by atoms with Gasteiger partial charge < -0.3 is 10.4 Å². The van der Waals surface area contributed by atoms with Crippen LogP contribution < -0.4 is 5.32 Å². The topological polar surface area (TPSA) is 69.6 Å². The number of nitrogens with one attached hydrogen (secondary N) is 1. The summed E-state index contributed by atoms with van der Waals surface area (Å²) in [4.78, 5) is 0.291. The molecule has 1 aromatic carbocycles. The number of benzene rings is 1. The van der Waals surface area contributed by atoms with Gasteiger partial charge >= 0.3 is 0 Å². The van der Waals surface area contributed by atoms with E-state index in [-0.39, 0.29) is 6.54 Å². The first-order chi connectivity index (χ1) is 9.91. The van der Waals surface area contributed by atoms with Gasteiger partial charge in [0.2, 0.25) is 10.0 Å². The molecule has 3 rings (SSSR count). The van der Waals surface area contributed by atoms with Crippen LogP contribution in [0.15, 0.2) is 23.1 Å². The van der Waals surface area contributed by atoms with Crippen molar-refractivity contribution in [3.05, 3.63) is 23.8 Å². The van der Waals surface area contributed by atoms with Crippen molar-refractivity contribution >= 4 is 15.7 Å². The van der Waals surface area contributed by atoms with Crippen LogP contribution >= 0.6 is 0 Å². The molecule has 0 aromatic heterocycles. The van der Waals surface area contributed by atoms with Crippen molar-refractivity contribution < 1.29 is 13.5 Å². The van der Waals surface area contributed by atoms with Crippen molar-refractivity contribution in [1.82, 2.24) is 4.31 Å². The van der Waals surface area contributed by atoms with Crippen LogP contribution in [-0.4, -0.2) is 43.6 Å². The smallest absolute Gasteiger partial charge is 0.242 e.